The molecule has 100 valence electrons. The average Bonchev–Trinajstić information content (AvgIpc) is 2.42. The molecule has 2 rings (SSSR count). The summed E-state index contributed by atoms with van der Waals surface area (Å²) in [5, 5.41) is 4.05. The molecule has 1 aromatic heterocycles. The van der Waals surface area contributed by atoms with Gasteiger partial charge in [-0.25, -0.2) is 4.39 Å². The molecule has 0 radical (unpaired) electrons. The molecule has 0 aliphatic heterocycles. The molecule has 0 saturated carbocycles. The summed E-state index contributed by atoms with van der Waals surface area (Å²) in [6.45, 7) is 2.88. The summed E-state index contributed by atoms with van der Waals surface area (Å²) in [6.07, 6.45) is 4.13. The molecule has 2 aromatic rings. The second-order valence-corrected chi connectivity index (χ2v) is 4.74. The zero-order valence-corrected chi connectivity index (χ0v) is 11.5. The molecule has 0 fully saturated rings. The van der Waals surface area contributed by atoms with Gasteiger partial charge in [-0.05, 0) is 42.3 Å². The van der Waals surface area contributed by atoms with Crippen molar-refractivity contribution < 1.29 is 4.39 Å². The fourth-order valence-electron chi connectivity index (χ4n) is 2.04. The van der Waals surface area contributed by atoms with Gasteiger partial charge in [0.1, 0.15) is 5.82 Å². The van der Waals surface area contributed by atoms with Gasteiger partial charge in [-0.2, -0.15) is 0 Å². The van der Waals surface area contributed by atoms with E-state index in [4.69, 9.17) is 11.6 Å². The SMILES string of the molecule is CCNC(Cc1ccncc1Cl)c1ccc(F)cc1. The van der Waals surface area contributed by atoms with E-state index < -0.39 is 0 Å². The maximum absolute atomic E-state index is 13.0. The van der Waals surface area contributed by atoms with Crippen LogP contribution in [0.4, 0.5) is 4.39 Å². The van der Waals surface area contributed by atoms with Crippen molar-refractivity contribution >= 4 is 11.6 Å². The maximum Gasteiger partial charge on any atom is 0.123 e. The molecule has 0 spiro atoms. The van der Waals surface area contributed by atoms with Gasteiger partial charge in [0.25, 0.3) is 0 Å². The molecule has 4 heteroatoms. The number of halogens is 2. The zero-order chi connectivity index (χ0) is 13.7. The molecule has 1 atom stereocenters. The van der Waals surface area contributed by atoms with E-state index >= 15 is 0 Å². The van der Waals surface area contributed by atoms with Gasteiger partial charge in [-0.1, -0.05) is 30.7 Å². The largest absolute Gasteiger partial charge is 0.310 e. The van der Waals surface area contributed by atoms with Crippen molar-refractivity contribution in [3.8, 4) is 0 Å². The Bertz CT molecular complexity index is 528. The van der Waals surface area contributed by atoms with Gasteiger partial charge in [0.2, 0.25) is 0 Å². The Morgan fingerprint density at radius 1 is 1.26 bits per heavy atom. The zero-order valence-electron chi connectivity index (χ0n) is 10.7. The van der Waals surface area contributed by atoms with E-state index in [1.165, 1.54) is 12.1 Å². The number of pyridine rings is 1. The molecular weight excluding hydrogens is 263 g/mol. The summed E-state index contributed by atoms with van der Waals surface area (Å²) in [5.41, 5.74) is 2.09. The molecule has 1 unspecified atom stereocenters. The number of nitrogens with one attached hydrogen (secondary N) is 1. The van der Waals surface area contributed by atoms with E-state index in [2.05, 4.69) is 10.3 Å². The molecule has 0 aliphatic rings. The molecule has 0 amide bonds. The lowest BCUT2D eigenvalue weighted by Gasteiger charge is -2.19. The molecule has 0 bridgehead atoms. The highest BCUT2D eigenvalue weighted by Crippen LogP contribution is 2.23. The monoisotopic (exact) mass is 278 g/mol. The lowest BCUT2D eigenvalue weighted by molar-refractivity contribution is 0.547. The Labute approximate surface area is 117 Å². The summed E-state index contributed by atoms with van der Waals surface area (Å²) in [4.78, 5) is 3.98. The molecule has 1 N–H and O–H groups in total. The standard InChI is InChI=1S/C15H16ClFN2/c1-2-19-15(11-3-5-13(17)6-4-11)9-12-7-8-18-10-14(12)16/h3-8,10,15,19H,2,9H2,1H3. The maximum atomic E-state index is 13.0. The molecule has 2 nitrogen and oxygen atoms in total. The third-order valence-corrected chi connectivity index (χ3v) is 3.34. The quantitative estimate of drug-likeness (QED) is 0.901. The van der Waals surface area contributed by atoms with Gasteiger partial charge < -0.3 is 5.32 Å². The first-order valence-electron chi connectivity index (χ1n) is 6.28. The van der Waals surface area contributed by atoms with Crippen LogP contribution in [0.1, 0.15) is 24.1 Å². The molecule has 19 heavy (non-hydrogen) atoms. The van der Waals surface area contributed by atoms with Crippen LogP contribution in [0.5, 0.6) is 0 Å². The number of aromatic nitrogens is 1. The van der Waals surface area contributed by atoms with Crippen LogP contribution in [0.3, 0.4) is 0 Å². The number of hydrogen-bond donors (Lipinski definition) is 1. The lowest BCUT2D eigenvalue weighted by atomic mass is 9.99. The predicted octanol–water partition coefficient (Wildman–Crippen LogP) is 3.77. The Hall–Kier alpha value is -1.45. The highest BCUT2D eigenvalue weighted by molar-refractivity contribution is 6.31. The third-order valence-electron chi connectivity index (χ3n) is 3.00. The van der Waals surface area contributed by atoms with Crippen LogP contribution in [0.2, 0.25) is 5.02 Å². The van der Waals surface area contributed by atoms with E-state index in [1.807, 2.05) is 13.0 Å². The third kappa shape index (κ3) is 3.75. The van der Waals surface area contributed by atoms with Gasteiger partial charge in [0.05, 0.1) is 5.02 Å². The summed E-state index contributed by atoms with van der Waals surface area (Å²) < 4.78 is 13.0. The van der Waals surface area contributed by atoms with Crippen molar-refractivity contribution in [3.63, 3.8) is 0 Å². The molecule has 0 saturated heterocycles. The minimum absolute atomic E-state index is 0.116. The highest BCUT2D eigenvalue weighted by Gasteiger charge is 2.13. The van der Waals surface area contributed by atoms with Crippen LogP contribution in [0.15, 0.2) is 42.7 Å². The first-order chi connectivity index (χ1) is 9.20. The van der Waals surface area contributed by atoms with Crippen LogP contribution in [0.25, 0.3) is 0 Å². The molecule has 0 aliphatic carbocycles. The number of hydrogen-bond acceptors (Lipinski definition) is 2. The normalized spacial score (nSPS) is 12.4. The van der Waals surface area contributed by atoms with Gasteiger partial charge in [-0.15, -0.1) is 0 Å². The Morgan fingerprint density at radius 3 is 2.63 bits per heavy atom. The Balaban J connectivity index is 2.21. The Kier molecular flexibility index (Phi) is 4.88. The highest BCUT2D eigenvalue weighted by atomic mass is 35.5. The number of likely N-dealkylation sites (N-methyl/N-ethyl adjacent to an activating group) is 1. The molecule has 1 aromatic carbocycles. The topological polar surface area (TPSA) is 24.9 Å². The molecule has 1 heterocycles. The minimum Gasteiger partial charge on any atom is -0.310 e. The summed E-state index contributed by atoms with van der Waals surface area (Å²) >= 11 is 6.13. The summed E-state index contributed by atoms with van der Waals surface area (Å²) in [5.74, 6) is -0.221. The fraction of sp³-hybridized carbons (Fsp3) is 0.267. The van der Waals surface area contributed by atoms with Crippen molar-refractivity contribution in [2.75, 3.05) is 6.54 Å². The van der Waals surface area contributed by atoms with Gasteiger partial charge >= 0.3 is 0 Å². The first-order valence-corrected chi connectivity index (χ1v) is 6.65. The number of rotatable bonds is 5. The van der Waals surface area contributed by atoms with Crippen molar-refractivity contribution in [1.29, 1.82) is 0 Å². The van der Waals surface area contributed by atoms with E-state index in [-0.39, 0.29) is 11.9 Å². The second-order valence-electron chi connectivity index (χ2n) is 4.33. The van der Waals surface area contributed by atoms with Crippen LogP contribution in [-0.4, -0.2) is 11.5 Å². The average molecular weight is 279 g/mol. The van der Waals surface area contributed by atoms with E-state index in [0.717, 1.165) is 24.1 Å². The van der Waals surface area contributed by atoms with Crippen LogP contribution in [0, 0.1) is 5.82 Å². The summed E-state index contributed by atoms with van der Waals surface area (Å²) in [6, 6.07) is 8.60. The number of benzene rings is 1. The van der Waals surface area contributed by atoms with E-state index in [0.29, 0.717) is 5.02 Å². The van der Waals surface area contributed by atoms with E-state index in [9.17, 15) is 4.39 Å². The minimum atomic E-state index is -0.221. The van der Waals surface area contributed by atoms with E-state index in [1.54, 1.807) is 24.5 Å². The Morgan fingerprint density at radius 2 is 2.00 bits per heavy atom. The van der Waals surface area contributed by atoms with Gasteiger partial charge in [0.15, 0.2) is 0 Å². The van der Waals surface area contributed by atoms with Crippen molar-refractivity contribution in [3.05, 3.63) is 64.7 Å². The van der Waals surface area contributed by atoms with Crippen molar-refractivity contribution in [2.24, 2.45) is 0 Å². The van der Waals surface area contributed by atoms with Gasteiger partial charge in [0, 0.05) is 18.4 Å². The first kappa shape index (κ1) is 14.0. The van der Waals surface area contributed by atoms with Crippen LogP contribution in [-0.2, 0) is 6.42 Å². The summed E-state index contributed by atoms with van der Waals surface area (Å²) in [7, 11) is 0. The second kappa shape index (κ2) is 6.64. The van der Waals surface area contributed by atoms with Crippen LogP contribution >= 0.6 is 11.6 Å². The fourth-order valence-corrected chi connectivity index (χ4v) is 2.24. The molecular formula is C15H16ClFN2. The predicted molar refractivity (Wildman–Crippen MR) is 75.8 cm³/mol. The smallest absolute Gasteiger partial charge is 0.123 e. The van der Waals surface area contributed by atoms with Crippen molar-refractivity contribution in [2.45, 2.75) is 19.4 Å². The lowest BCUT2D eigenvalue weighted by Crippen LogP contribution is -2.23. The van der Waals surface area contributed by atoms with Crippen LogP contribution < -0.4 is 5.32 Å². The number of nitrogens with zero attached hydrogens (tertiary/aromatic N) is 1. The van der Waals surface area contributed by atoms with Gasteiger partial charge in [-0.3, -0.25) is 4.98 Å². The van der Waals surface area contributed by atoms with Crippen molar-refractivity contribution in [1.82, 2.24) is 10.3 Å².